The van der Waals surface area contributed by atoms with E-state index >= 15 is 0 Å². The van der Waals surface area contributed by atoms with Crippen LogP contribution in [0.5, 0.6) is 0 Å². The molecule has 0 radical (unpaired) electrons. The van der Waals surface area contributed by atoms with Crippen LogP contribution in [0.25, 0.3) is 11.4 Å². The van der Waals surface area contributed by atoms with Gasteiger partial charge in [-0.2, -0.15) is 4.37 Å². The van der Waals surface area contributed by atoms with Crippen LogP contribution in [0.15, 0.2) is 12.1 Å². The highest BCUT2D eigenvalue weighted by Gasteiger charge is 2.06. The van der Waals surface area contributed by atoms with Gasteiger partial charge in [-0.25, -0.2) is 4.98 Å². The fraction of sp³-hybridized carbons (Fsp3) is 0.222. The van der Waals surface area contributed by atoms with Gasteiger partial charge < -0.3 is 0 Å². The lowest BCUT2D eigenvalue weighted by Gasteiger charge is -1.99. The number of hydrogen-bond acceptors (Lipinski definition) is 4. The molecule has 2 heterocycles. The number of pyridine rings is 1. The molecule has 0 unspecified atom stereocenters. The monoisotopic (exact) mass is 225 g/mol. The fourth-order valence-corrected chi connectivity index (χ4v) is 1.90. The van der Waals surface area contributed by atoms with Crippen LogP contribution in [0, 0.1) is 13.8 Å². The first-order valence-corrected chi connectivity index (χ1v) is 5.25. The van der Waals surface area contributed by atoms with Gasteiger partial charge in [0.25, 0.3) is 0 Å². The van der Waals surface area contributed by atoms with E-state index in [-0.39, 0.29) is 0 Å². The summed E-state index contributed by atoms with van der Waals surface area (Å²) in [5.41, 5.74) is 2.90. The molecule has 2 aromatic heterocycles. The van der Waals surface area contributed by atoms with E-state index in [9.17, 15) is 0 Å². The molecule has 0 atom stereocenters. The molecule has 72 valence electrons. The van der Waals surface area contributed by atoms with Gasteiger partial charge in [0.05, 0.1) is 0 Å². The van der Waals surface area contributed by atoms with Crippen molar-refractivity contribution in [2.45, 2.75) is 13.8 Å². The molecular weight excluding hydrogens is 218 g/mol. The van der Waals surface area contributed by atoms with Gasteiger partial charge in [0.15, 0.2) is 5.82 Å². The molecule has 0 aliphatic carbocycles. The summed E-state index contributed by atoms with van der Waals surface area (Å²) in [4.78, 5) is 8.39. The molecule has 0 amide bonds. The topological polar surface area (TPSA) is 38.7 Å². The lowest BCUT2D eigenvalue weighted by atomic mass is 10.2. The van der Waals surface area contributed by atoms with Gasteiger partial charge in [-0.15, -0.1) is 0 Å². The molecular formula is C9H8ClN3S. The fourth-order valence-electron chi connectivity index (χ4n) is 1.29. The molecule has 0 N–H and O–H groups in total. The van der Waals surface area contributed by atoms with Gasteiger partial charge >= 0.3 is 0 Å². The van der Waals surface area contributed by atoms with Crippen molar-refractivity contribution >= 4 is 23.1 Å². The van der Waals surface area contributed by atoms with Crippen molar-refractivity contribution in [3.8, 4) is 11.4 Å². The second-order valence-corrected chi connectivity index (χ2v) is 4.34. The highest BCUT2D eigenvalue weighted by molar-refractivity contribution is 7.10. The molecule has 0 saturated carbocycles. The maximum absolute atomic E-state index is 5.72. The lowest BCUT2D eigenvalue weighted by Crippen LogP contribution is -1.88. The Labute approximate surface area is 91.0 Å². The van der Waals surface area contributed by atoms with Gasteiger partial charge in [0.1, 0.15) is 0 Å². The maximum atomic E-state index is 5.72. The molecule has 0 spiro atoms. The number of aromatic nitrogens is 3. The lowest BCUT2D eigenvalue weighted by molar-refractivity contribution is 1.12. The van der Waals surface area contributed by atoms with Crippen molar-refractivity contribution in [2.75, 3.05) is 0 Å². The van der Waals surface area contributed by atoms with Crippen molar-refractivity contribution < 1.29 is 0 Å². The number of hydrogen-bond donors (Lipinski definition) is 0. The average Bonchev–Trinajstić information content (AvgIpc) is 2.50. The minimum Gasteiger partial charge on any atom is -0.258 e. The van der Waals surface area contributed by atoms with Crippen LogP contribution in [-0.2, 0) is 0 Å². The van der Waals surface area contributed by atoms with Crippen LogP contribution in [0.2, 0.25) is 4.47 Å². The molecule has 14 heavy (non-hydrogen) atoms. The Bertz CT molecular complexity index is 447. The van der Waals surface area contributed by atoms with E-state index in [1.165, 1.54) is 11.5 Å². The van der Waals surface area contributed by atoms with Gasteiger partial charge in [-0.3, -0.25) is 4.98 Å². The van der Waals surface area contributed by atoms with Crippen molar-refractivity contribution in [3.63, 3.8) is 0 Å². The first kappa shape index (κ1) is 9.55. The third kappa shape index (κ3) is 1.91. The zero-order valence-electron chi connectivity index (χ0n) is 7.78. The van der Waals surface area contributed by atoms with E-state index in [4.69, 9.17) is 11.6 Å². The molecule has 0 aliphatic heterocycles. The van der Waals surface area contributed by atoms with E-state index in [1.807, 2.05) is 26.0 Å². The largest absolute Gasteiger partial charge is 0.258 e. The zero-order chi connectivity index (χ0) is 10.1. The number of aryl methyl sites for hydroxylation is 2. The Kier molecular flexibility index (Phi) is 2.48. The van der Waals surface area contributed by atoms with E-state index < -0.39 is 0 Å². The van der Waals surface area contributed by atoms with Gasteiger partial charge in [0.2, 0.25) is 4.47 Å². The summed E-state index contributed by atoms with van der Waals surface area (Å²) >= 11 is 6.91. The standard InChI is InChI=1S/C9H8ClN3S/c1-5-3-7(4-6(2)11-5)8-12-9(10)14-13-8/h3-4H,1-2H3. The summed E-state index contributed by atoms with van der Waals surface area (Å²) in [7, 11) is 0. The Balaban J connectivity index is 2.51. The highest BCUT2D eigenvalue weighted by atomic mass is 35.5. The Morgan fingerprint density at radius 3 is 2.29 bits per heavy atom. The number of halogens is 1. The summed E-state index contributed by atoms with van der Waals surface area (Å²) in [5, 5.41) is 0. The Hall–Kier alpha value is -1.00. The van der Waals surface area contributed by atoms with Gasteiger partial charge in [0, 0.05) is 17.0 Å². The minimum atomic E-state index is 0.465. The zero-order valence-corrected chi connectivity index (χ0v) is 9.35. The first-order chi connectivity index (χ1) is 6.65. The molecule has 5 heteroatoms. The molecule has 0 bridgehead atoms. The minimum absolute atomic E-state index is 0.465. The second-order valence-electron chi connectivity index (χ2n) is 3.01. The average molecular weight is 226 g/mol. The Morgan fingerprint density at radius 2 is 1.79 bits per heavy atom. The molecule has 2 rings (SSSR count). The molecule has 3 nitrogen and oxygen atoms in total. The first-order valence-electron chi connectivity index (χ1n) is 4.10. The van der Waals surface area contributed by atoms with Crippen LogP contribution in [-0.4, -0.2) is 14.3 Å². The summed E-state index contributed by atoms with van der Waals surface area (Å²) in [6, 6.07) is 3.90. The summed E-state index contributed by atoms with van der Waals surface area (Å²) in [5.74, 6) is 0.675. The quantitative estimate of drug-likeness (QED) is 0.749. The van der Waals surface area contributed by atoms with Crippen molar-refractivity contribution in [3.05, 3.63) is 28.0 Å². The Morgan fingerprint density at radius 1 is 1.14 bits per heavy atom. The molecule has 2 aromatic rings. The molecule has 0 aliphatic rings. The highest BCUT2D eigenvalue weighted by Crippen LogP contribution is 2.21. The third-order valence-electron chi connectivity index (χ3n) is 1.74. The van der Waals surface area contributed by atoms with Crippen LogP contribution in [0.1, 0.15) is 11.4 Å². The van der Waals surface area contributed by atoms with E-state index in [0.717, 1.165) is 17.0 Å². The predicted octanol–water partition coefficient (Wildman–Crippen LogP) is 2.87. The predicted molar refractivity (Wildman–Crippen MR) is 57.6 cm³/mol. The van der Waals surface area contributed by atoms with Crippen LogP contribution in [0.4, 0.5) is 0 Å². The van der Waals surface area contributed by atoms with E-state index in [2.05, 4.69) is 14.3 Å². The van der Waals surface area contributed by atoms with E-state index in [0.29, 0.717) is 10.3 Å². The van der Waals surface area contributed by atoms with Crippen LogP contribution in [0.3, 0.4) is 0 Å². The van der Waals surface area contributed by atoms with Crippen molar-refractivity contribution in [2.24, 2.45) is 0 Å². The number of nitrogens with zero attached hydrogens (tertiary/aromatic N) is 3. The van der Waals surface area contributed by atoms with Gasteiger partial charge in [-0.1, -0.05) is 0 Å². The van der Waals surface area contributed by atoms with Crippen molar-refractivity contribution in [1.29, 1.82) is 0 Å². The SMILES string of the molecule is Cc1cc(-c2nsc(Cl)n2)cc(C)n1. The van der Waals surface area contributed by atoms with Crippen molar-refractivity contribution in [1.82, 2.24) is 14.3 Å². The van der Waals surface area contributed by atoms with Crippen LogP contribution < -0.4 is 0 Å². The van der Waals surface area contributed by atoms with Crippen LogP contribution >= 0.6 is 23.1 Å². The van der Waals surface area contributed by atoms with Gasteiger partial charge in [-0.05, 0) is 49.1 Å². The van der Waals surface area contributed by atoms with E-state index in [1.54, 1.807) is 0 Å². The summed E-state index contributed by atoms with van der Waals surface area (Å²) in [6.07, 6.45) is 0. The molecule has 0 aromatic carbocycles. The summed E-state index contributed by atoms with van der Waals surface area (Å²) < 4.78 is 4.60. The third-order valence-corrected chi connectivity index (χ3v) is 2.54. The number of rotatable bonds is 1. The molecule has 0 fully saturated rings. The second kappa shape index (κ2) is 3.63. The summed E-state index contributed by atoms with van der Waals surface area (Å²) in [6.45, 7) is 3.90. The smallest absolute Gasteiger partial charge is 0.203 e. The normalized spacial score (nSPS) is 10.5. The molecule has 0 saturated heterocycles. The maximum Gasteiger partial charge on any atom is 0.203 e.